The molecule has 1 nitrogen and oxygen atoms in total. The Balaban J connectivity index is 1.30. The van der Waals surface area contributed by atoms with Crippen LogP contribution in [0.1, 0.15) is 96.8 Å². The minimum absolute atomic E-state index is 0.152. The molecule has 0 aromatic heterocycles. The van der Waals surface area contributed by atoms with Gasteiger partial charge in [0.05, 0.1) is 18.8 Å². The molecule has 1 aliphatic heterocycles. The first-order valence-corrected chi connectivity index (χ1v) is 12.4. The molecule has 2 atom stereocenters. The first-order chi connectivity index (χ1) is 14.3. The maximum atomic E-state index is 13.8. The van der Waals surface area contributed by atoms with Crippen LogP contribution in [0.3, 0.4) is 0 Å². The third-order valence-corrected chi connectivity index (χ3v) is 8.10. The van der Waals surface area contributed by atoms with Gasteiger partial charge in [-0.3, -0.25) is 0 Å². The Morgan fingerprint density at radius 3 is 1.97 bits per heavy atom. The van der Waals surface area contributed by atoms with E-state index < -0.39 is 17.9 Å². The molecule has 30 heavy (non-hydrogen) atoms. The van der Waals surface area contributed by atoms with Gasteiger partial charge in [-0.25, -0.2) is 4.39 Å². The van der Waals surface area contributed by atoms with Gasteiger partial charge < -0.3 is 4.74 Å². The molecule has 2 unspecified atom stereocenters. The van der Waals surface area contributed by atoms with Crippen LogP contribution in [0.5, 0.6) is 0 Å². The lowest BCUT2D eigenvalue weighted by Gasteiger charge is -2.38. The second kappa shape index (κ2) is 11.3. The molecule has 1 heterocycles. The summed E-state index contributed by atoms with van der Waals surface area (Å²) in [7, 11) is 0. The molecule has 3 aliphatic rings. The first kappa shape index (κ1) is 24.1. The summed E-state index contributed by atoms with van der Waals surface area (Å²) in [4.78, 5) is 0. The highest BCUT2D eigenvalue weighted by Gasteiger charge is 2.33. The van der Waals surface area contributed by atoms with E-state index in [0.717, 1.165) is 56.5 Å². The fraction of sp³-hybridized carbons (Fsp3) is 0.920. The highest BCUT2D eigenvalue weighted by atomic mass is 19.4. The Morgan fingerprint density at radius 1 is 0.800 bits per heavy atom. The average Bonchev–Trinajstić information content (AvgIpc) is 2.73. The molecule has 0 bridgehead atoms. The zero-order valence-corrected chi connectivity index (χ0v) is 18.6. The number of allylic oxidation sites excluding steroid dienone is 2. The number of ether oxygens (including phenoxy) is 1. The third-order valence-electron chi connectivity index (χ3n) is 8.10. The van der Waals surface area contributed by atoms with E-state index in [1.54, 1.807) is 0 Å². The molecular weight excluding hydrogens is 392 g/mol. The number of halogens is 4. The molecular formula is C25H40F4O. The molecule has 0 spiro atoms. The lowest BCUT2D eigenvalue weighted by molar-refractivity contribution is -0.0821. The number of rotatable bonds is 7. The van der Waals surface area contributed by atoms with E-state index in [9.17, 15) is 17.6 Å². The molecule has 3 fully saturated rings. The van der Waals surface area contributed by atoms with Crippen molar-refractivity contribution in [3.63, 3.8) is 0 Å². The number of alkyl halides is 3. The molecule has 5 heteroatoms. The van der Waals surface area contributed by atoms with Gasteiger partial charge in [-0.1, -0.05) is 32.6 Å². The van der Waals surface area contributed by atoms with E-state index >= 15 is 0 Å². The van der Waals surface area contributed by atoms with Crippen LogP contribution in [0, 0.1) is 29.6 Å². The van der Waals surface area contributed by atoms with E-state index in [1.165, 1.54) is 44.9 Å². The lowest BCUT2D eigenvalue weighted by atomic mass is 9.72. The Labute approximate surface area is 180 Å². The zero-order chi connectivity index (χ0) is 21.6. The normalized spacial score (nSPS) is 36.6. The van der Waals surface area contributed by atoms with Crippen molar-refractivity contribution in [1.29, 1.82) is 0 Å². The first-order valence-electron chi connectivity index (χ1n) is 12.4. The maximum Gasteiger partial charge on any atom is 0.412 e. The van der Waals surface area contributed by atoms with Crippen LogP contribution in [-0.4, -0.2) is 18.9 Å². The van der Waals surface area contributed by atoms with Crippen LogP contribution < -0.4 is 0 Å². The van der Waals surface area contributed by atoms with Crippen molar-refractivity contribution in [2.45, 2.75) is 109 Å². The number of hydrogen-bond donors (Lipinski definition) is 0. The van der Waals surface area contributed by atoms with Crippen molar-refractivity contribution in [3.8, 4) is 0 Å². The van der Waals surface area contributed by atoms with Gasteiger partial charge in [0.25, 0.3) is 0 Å². The minimum atomic E-state index is -4.55. The van der Waals surface area contributed by atoms with Gasteiger partial charge >= 0.3 is 6.18 Å². The van der Waals surface area contributed by atoms with Crippen LogP contribution in [0.4, 0.5) is 17.6 Å². The van der Waals surface area contributed by atoms with E-state index in [-0.39, 0.29) is 6.08 Å². The highest BCUT2D eigenvalue weighted by molar-refractivity contribution is 5.03. The summed E-state index contributed by atoms with van der Waals surface area (Å²) in [6.07, 6.45) is 11.2. The average molecular weight is 433 g/mol. The smallest absolute Gasteiger partial charge is 0.378 e. The van der Waals surface area contributed by atoms with Crippen LogP contribution in [0.2, 0.25) is 0 Å². The molecule has 3 rings (SSSR count). The topological polar surface area (TPSA) is 9.23 Å². The van der Waals surface area contributed by atoms with Crippen molar-refractivity contribution in [3.05, 3.63) is 11.9 Å². The molecule has 2 aliphatic carbocycles. The predicted octanol–water partition coefficient (Wildman–Crippen LogP) is 8.39. The van der Waals surface area contributed by atoms with Crippen LogP contribution >= 0.6 is 0 Å². The molecule has 1 saturated heterocycles. The largest absolute Gasteiger partial charge is 0.412 e. The zero-order valence-electron chi connectivity index (χ0n) is 18.6. The van der Waals surface area contributed by atoms with Crippen molar-refractivity contribution in [2.75, 3.05) is 6.61 Å². The van der Waals surface area contributed by atoms with Gasteiger partial charge in [-0.2, -0.15) is 13.2 Å². The van der Waals surface area contributed by atoms with Crippen molar-refractivity contribution in [2.24, 2.45) is 29.6 Å². The summed E-state index contributed by atoms with van der Waals surface area (Å²) in [5.74, 6) is 1.54. The summed E-state index contributed by atoms with van der Waals surface area (Å²) in [6.45, 7) is 3.20. The van der Waals surface area contributed by atoms with Gasteiger partial charge in [-0.05, 0) is 87.9 Å². The molecule has 0 amide bonds. The van der Waals surface area contributed by atoms with E-state index in [0.29, 0.717) is 24.9 Å². The van der Waals surface area contributed by atoms with Gasteiger partial charge in [0.1, 0.15) is 5.83 Å². The lowest BCUT2D eigenvalue weighted by Crippen LogP contribution is -2.32. The fourth-order valence-electron chi connectivity index (χ4n) is 6.21. The minimum Gasteiger partial charge on any atom is -0.378 e. The summed E-state index contributed by atoms with van der Waals surface area (Å²) < 4.78 is 57.0. The molecule has 0 aromatic rings. The predicted molar refractivity (Wildman–Crippen MR) is 113 cm³/mol. The summed E-state index contributed by atoms with van der Waals surface area (Å²) in [5.41, 5.74) is 0. The quantitative estimate of drug-likeness (QED) is 0.367. The van der Waals surface area contributed by atoms with Crippen LogP contribution in [0.25, 0.3) is 0 Å². The number of hydrogen-bond acceptors (Lipinski definition) is 1. The van der Waals surface area contributed by atoms with Crippen molar-refractivity contribution >= 4 is 0 Å². The summed E-state index contributed by atoms with van der Waals surface area (Å²) in [5, 5.41) is 0. The van der Waals surface area contributed by atoms with E-state index in [4.69, 9.17) is 4.74 Å². The second-order valence-electron chi connectivity index (χ2n) is 10.2. The van der Waals surface area contributed by atoms with E-state index in [2.05, 4.69) is 6.92 Å². The third kappa shape index (κ3) is 7.53. The Bertz CT molecular complexity index is 520. The van der Waals surface area contributed by atoms with Gasteiger partial charge in [-0.15, -0.1) is 0 Å². The van der Waals surface area contributed by atoms with Crippen LogP contribution in [0.15, 0.2) is 11.9 Å². The van der Waals surface area contributed by atoms with Crippen molar-refractivity contribution < 1.29 is 22.3 Å². The van der Waals surface area contributed by atoms with E-state index in [1.807, 2.05) is 0 Å². The summed E-state index contributed by atoms with van der Waals surface area (Å²) >= 11 is 0. The molecule has 2 saturated carbocycles. The molecule has 174 valence electrons. The van der Waals surface area contributed by atoms with Gasteiger partial charge in [0.2, 0.25) is 0 Å². The maximum absolute atomic E-state index is 13.8. The molecule has 0 radical (unpaired) electrons. The Morgan fingerprint density at radius 2 is 1.40 bits per heavy atom. The standard InChI is InChI=1S/C25H40F4O/c1-2-3-18-4-9-20(10-5-18)22-13-15-23(30-17-22)14-8-19-6-11-21(12-7-19)24(26)16-25(27,28)29/h16,18-23H,2-15,17H2,1H3. The second-order valence-corrected chi connectivity index (χ2v) is 10.2. The fourth-order valence-corrected chi connectivity index (χ4v) is 6.21. The highest BCUT2D eigenvalue weighted by Crippen LogP contribution is 2.41. The molecule has 0 aromatic carbocycles. The van der Waals surface area contributed by atoms with Gasteiger partial charge in [0.15, 0.2) is 0 Å². The SMILES string of the molecule is CCCC1CCC(C2CCC(CCC3CCC(C(F)=CC(F)(F)F)CC3)OC2)CC1. The molecule has 0 N–H and O–H groups in total. The van der Waals surface area contributed by atoms with Crippen LogP contribution in [-0.2, 0) is 4.74 Å². The van der Waals surface area contributed by atoms with Crippen molar-refractivity contribution in [1.82, 2.24) is 0 Å². The summed E-state index contributed by atoms with van der Waals surface area (Å²) in [6, 6.07) is 0. The Hall–Kier alpha value is -0.580. The van der Waals surface area contributed by atoms with Gasteiger partial charge in [0, 0.05) is 5.92 Å². The monoisotopic (exact) mass is 432 g/mol. The Kier molecular flexibility index (Phi) is 9.09.